The summed E-state index contributed by atoms with van der Waals surface area (Å²) >= 11 is 0. The van der Waals surface area contributed by atoms with Gasteiger partial charge in [-0.3, -0.25) is 9.59 Å². The second-order valence-electron chi connectivity index (χ2n) is 9.52. The van der Waals surface area contributed by atoms with Crippen LogP contribution >= 0.6 is 0 Å². The van der Waals surface area contributed by atoms with E-state index in [4.69, 9.17) is 4.74 Å². The van der Waals surface area contributed by atoms with E-state index in [1.165, 1.54) is 0 Å². The van der Waals surface area contributed by atoms with Crippen LogP contribution in [0.15, 0.2) is 72.8 Å². The Morgan fingerprint density at radius 3 is 2.31 bits per heavy atom. The molecule has 0 aliphatic heterocycles. The Morgan fingerprint density at radius 1 is 0.917 bits per heavy atom. The van der Waals surface area contributed by atoms with Crippen molar-refractivity contribution in [3.8, 4) is 5.75 Å². The Kier molecular flexibility index (Phi) is 9.69. The number of nitrogens with one attached hydrogen (secondary N) is 1. The van der Waals surface area contributed by atoms with Crippen molar-refractivity contribution >= 4 is 11.8 Å². The van der Waals surface area contributed by atoms with Crippen LogP contribution in [0.3, 0.4) is 0 Å². The van der Waals surface area contributed by atoms with E-state index in [1.807, 2.05) is 101 Å². The van der Waals surface area contributed by atoms with Crippen LogP contribution in [0.5, 0.6) is 5.75 Å². The van der Waals surface area contributed by atoms with Crippen molar-refractivity contribution in [2.45, 2.75) is 66.1 Å². The fraction of sp³-hybridized carbons (Fsp3) is 0.355. The third-order valence-corrected chi connectivity index (χ3v) is 6.61. The minimum atomic E-state index is -0.670. The SMILES string of the molecule is CCC(C)NC(=O)C(Cc1ccccc1)N(Cc1cccc(C)c1)C(=O)COc1cccc(C)c1C. The summed E-state index contributed by atoms with van der Waals surface area (Å²) in [4.78, 5) is 28.9. The molecule has 2 atom stereocenters. The maximum atomic E-state index is 13.7. The van der Waals surface area contributed by atoms with Crippen LogP contribution in [-0.4, -0.2) is 35.4 Å². The number of nitrogens with zero attached hydrogens (tertiary/aromatic N) is 1. The second-order valence-corrected chi connectivity index (χ2v) is 9.52. The molecular formula is C31H38N2O3. The number of benzene rings is 3. The van der Waals surface area contributed by atoms with Gasteiger partial charge in [-0.05, 0) is 62.4 Å². The molecule has 0 aliphatic rings. The van der Waals surface area contributed by atoms with Gasteiger partial charge in [0, 0.05) is 19.0 Å². The number of amides is 2. The van der Waals surface area contributed by atoms with E-state index in [1.54, 1.807) is 4.90 Å². The van der Waals surface area contributed by atoms with Crippen molar-refractivity contribution in [1.82, 2.24) is 10.2 Å². The maximum Gasteiger partial charge on any atom is 0.261 e. The molecule has 0 heterocycles. The lowest BCUT2D eigenvalue weighted by atomic mass is 10.0. The summed E-state index contributed by atoms with van der Waals surface area (Å²) in [7, 11) is 0. The van der Waals surface area contributed by atoms with E-state index in [2.05, 4.69) is 11.4 Å². The lowest BCUT2D eigenvalue weighted by Gasteiger charge is -2.32. The fourth-order valence-corrected chi connectivity index (χ4v) is 4.11. The van der Waals surface area contributed by atoms with Gasteiger partial charge >= 0.3 is 0 Å². The normalized spacial score (nSPS) is 12.5. The summed E-state index contributed by atoms with van der Waals surface area (Å²) in [5.41, 5.74) is 5.19. The Labute approximate surface area is 215 Å². The van der Waals surface area contributed by atoms with Gasteiger partial charge in [0.1, 0.15) is 11.8 Å². The molecule has 0 aliphatic carbocycles. The van der Waals surface area contributed by atoms with E-state index < -0.39 is 6.04 Å². The molecule has 3 aromatic carbocycles. The minimum absolute atomic E-state index is 0.0119. The molecule has 5 nitrogen and oxygen atoms in total. The molecule has 0 radical (unpaired) electrons. The van der Waals surface area contributed by atoms with Gasteiger partial charge < -0.3 is 15.0 Å². The highest BCUT2D eigenvalue weighted by Crippen LogP contribution is 2.21. The van der Waals surface area contributed by atoms with Crippen molar-refractivity contribution in [3.05, 3.63) is 101 Å². The van der Waals surface area contributed by atoms with Crippen LogP contribution in [0.2, 0.25) is 0 Å². The maximum absolute atomic E-state index is 13.7. The minimum Gasteiger partial charge on any atom is -0.483 e. The van der Waals surface area contributed by atoms with Crippen molar-refractivity contribution in [3.63, 3.8) is 0 Å². The van der Waals surface area contributed by atoms with Gasteiger partial charge in [-0.1, -0.05) is 79.2 Å². The zero-order chi connectivity index (χ0) is 26.1. The first kappa shape index (κ1) is 27.0. The van der Waals surface area contributed by atoms with Crippen molar-refractivity contribution in [1.29, 1.82) is 0 Å². The van der Waals surface area contributed by atoms with E-state index in [0.29, 0.717) is 18.7 Å². The van der Waals surface area contributed by atoms with Gasteiger partial charge in [0.2, 0.25) is 5.91 Å². The van der Waals surface area contributed by atoms with E-state index >= 15 is 0 Å². The molecule has 1 N–H and O–H groups in total. The highest BCUT2D eigenvalue weighted by molar-refractivity contribution is 5.88. The number of hydrogen-bond acceptors (Lipinski definition) is 3. The predicted molar refractivity (Wildman–Crippen MR) is 145 cm³/mol. The van der Waals surface area contributed by atoms with Crippen LogP contribution in [0, 0.1) is 20.8 Å². The quantitative estimate of drug-likeness (QED) is 0.387. The number of rotatable bonds is 11. The summed E-state index contributed by atoms with van der Waals surface area (Å²) < 4.78 is 5.98. The third-order valence-electron chi connectivity index (χ3n) is 6.61. The molecule has 5 heteroatoms. The zero-order valence-corrected chi connectivity index (χ0v) is 22.1. The van der Waals surface area contributed by atoms with E-state index in [-0.39, 0.29) is 24.5 Å². The topological polar surface area (TPSA) is 58.6 Å². The second kappa shape index (κ2) is 12.9. The van der Waals surface area contributed by atoms with Gasteiger partial charge in [0.15, 0.2) is 6.61 Å². The summed E-state index contributed by atoms with van der Waals surface area (Å²) in [5, 5.41) is 3.10. The highest BCUT2D eigenvalue weighted by Gasteiger charge is 2.31. The molecule has 0 fully saturated rings. The number of ether oxygens (including phenoxy) is 1. The van der Waals surface area contributed by atoms with Gasteiger partial charge in [-0.25, -0.2) is 0 Å². The predicted octanol–water partition coefficient (Wildman–Crippen LogP) is 5.55. The summed E-state index contributed by atoms with van der Waals surface area (Å²) in [6.07, 6.45) is 1.23. The molecule has 0 bridgehead atoms. The fourth-order valence-electron chi connectivity index (χ4n) is 4.11. The standard InChI is InChI=1S/C31H38N2O3/c1-6-24(4)32-31(35)28(19-26-14-8-7-9-15-26)33(20-27-16-10-12-22(2)18-27)30(34)21-36-29-17-11-13-23(3)25(29)5/h7-18,24,28H,6,19-21H2,1-5H3,(H,32,35). The van der Waals surface area contributed by atoms with Crippen LogP contribution in [0.1, 0.15) is 48.1 Å². The average Bonchev–Trinajstić information content (AvgIpc) is 2.87. The number of carbonyl (C=O) groups excluding carboxylic acids is 2. The third kappa shape index (κ3) is 7.45. The Hall–Kier alpha value is -3.60. The lowest BCUT2D eigenvalue weighted by Crippen LogP contribution is -2.53. The first-order valence-electron chi connectivity index (χ1n) is 12.7. The van der Waals surface area contributed by atoms with E-state index in [9.17, 15) is 9.59 Å². The number of carbonyl (C=O) groups is 2. The molecular weight excluding hydrogens is 448 g/mol. The molecule has 36 heavy (non-hydrogen) atoms. The largest absolute Gasteiger partial charge is 0.483 e. The van der Waals surface area contributed by atoms with Crippen LogP contribution in [-0.2, 0) is 22.6 Å². The van der Waals surface area contributed by atoms with Crippen molar-refractivity contribution < 1.29 is 14.3 Å². The molecule has 190 valence electrons. The molecule has 0 saturated heterocycles. The van der Waals surface area contributed by atoms with E-state index in [0.717, 1.165) is 34.2 Å². The Bertz CT molecular complexity index is 1160. The van der Waals surface area contributed by atoms with Crippen molar-refractivity contribution in [2.75, 3.05) is 6.61 Å². The molecule has 3 rings (SSSR count). The zero-order valence-electron chi connectivity index (χ0n) is 22.1. The van der Waals surface area contributed by atoms with Gasteiger partial charge in [0.25, 0.3) is 5.91 Å². The highest BCUT2D eigenvalue weighted by atomic mass is 16.5. The van der Waals surface area contributed by atoms with Crippen LogP contribution < -0.4 is 10.1 Å². The summed E-state index contributed by atoms with van der Waals surface area (Å²) in [6.45, 7) is 10.2. The summed E-state index contributed by atoms with van der Waals surface area (Å²) in [6, 6.07) is 23.0. The molecule has 2 amide bonds. The number of aryl methyl sites for hydroxylation is 2. The first-order chi connectivity index (χ1) is 17.3. The van der Waals surface area contributed by atoms with Gasteiger partial charge in [0.05, 0.1) is 0 Å². The lowest BCUT2D eigenvalue weighted by molar-refractivity contribution is -0.143. The van der Waals surface area contributed by atoms with Gasteiger partial charge in [-0.2, -0.15) is 0 Å². The van der Waals surface area contributed by atoms with Crippen LogP contribution in [0.25, 0.3) is 0 Å². The Morgan fingerprint density at radius 2 is 1.61 bits per heavy atom. The molecule has 0 saturated carbocycles. The first-order valence-corrected chi connectivity index (χ1v) is 12.7. The smallest absolute Gasteiger partial charge is 0.261 e. The van der Waals surface area contributed by atoms with Crippen molar-refractivity contribution in [2.24, 2.45) is 0 Å². The molecule has 0 aromatic heterocycles. The van der Waals surface area contributed by atoms with Gasteiger partial charge in [-0.15, -0.1) is 0 Å². The molecule has 3 aromatic rings. The average molecular weight is 487 g/mol. The molecule has 0 spiro atoms. The summed E-state index contributed by atoms with van der Waals surface area (Å²) in [5.74, 6) is 0.307. The monoisotopic (exact) mass is 486 g/mol. The Balaban J connectivity index is 1.93. The number of hydrogen-bond donors (Lipinski definition) is 1. The van der Waals surface area contributed by atoms with Crippen LogP contribution in [0.4, 0.5) is 0 Å². The molecule has 2 unspecified atom stereocenters.